The van der Waals surface area contributed by atoms with Gasteiger partial charge in [-0.3, -0.25) is 4.68 Å². The molecule has 0 radical (unpaired) electrons. The zero-order valence-electron chi connectivity index (χ0n) is 12.0. The van der Waals surface area contributed by atoms with Crippen LogP contribution in [0.5, 0.6) is 0 Å². The number of amides is 2. The largest absolute Gasteiger partial charge is 0.336 e. The van der Waals surface area contributed by atoms with Crippen molar-refractivity contribution in [3.8, 4) is 0 Å². The molecule has 0 atom stereocenters. The summed E-state index contributed by atoms with van der Waals surface area (Å²) in [5.41, 5.74) is 3.51. The van der Waals surface area contributed by atoms with Gasteiger partial charge in [0.25, 0.3) is 0 Å². The van der Waals surface area contributed by atoms with Crippen LogP contribution in [0.1, 0.15) is 24.1 Å². The van der Waals surface area contributed by atoms with Crippen LogP contribution in [0.3, 0.4) is 0 Å². The van der Waals surface area contributed by atoms with Gasteiger partial charge in [0.05, 0.1) is 12.7 Å². The fraction of sp³-hybridized carbons (Fsp3) is 0.375. The van der Waals surface area contributed by atoms with Gasteiger partial charge in [-0.05, 0) is 43.4 Å². The van der Waals surface area contributed by atoms with Gasteiger partial charge in [0.2, 0.25) is 0 Å². The average molecular weight is 284 g/mol. The Morgan fingerprint density at radius 2 is 2.00 bits per heavy atom. The number of carbonyl (C=O) groups excluding carboxylic acids is 1. The number of aryl methyl sites for hydroxylation is 1. The Bertz CT molecular complexity index is 606. The average Bonchev–Trinajstić information content (AvgIpc) is 2.92. The summed E-state index contributed by atoms with van der Waals surface area (Å²) in [6, 6.07) is 9.26. The van der Waals surface area contributed by atoms with Gasteiger partial charge in [-0.25, -0.2) is 4.79 Å². The zero-order valence-corrected chi connectivity index (χ0v) is 12.0. The predicted octanol–water partition coefficient (Wildman–Crippen LogP) is 2.58. The van der Waals surface area contributed by atoms with Crippen LogP contribution in [-0.2, 0) is 19.4 Å². The van der Waals surface area contributed by atoms with Crippen LogP contribution in [0, 0.1) is 0 Å². The Balaban J connectivity index is 1.48. The molecule has 1 heterocycles. The van der Waals surface area contributed by atoms with Crippen molar-refractivity contribution in [2.24, 2.45) is 0 Å². The molecule has 1 aromatic heterocycles. The van der Waals surface area contributed by atoms with Crippen molar-refractivity contribution in [3.63, 3.8) is 0 Å². The SMILES string of the molecule is O=C(NCCn1ncc2c1CCCC2)Nc1ccccc1. The van der Waals surface area contributed by atoms with Gasteiger partial charge in [0, 0.05) is 17.9 Å². The van der Waals surface area contributed by atoms with E-state index in [2.05, 4.69) is 15.7 Å². The highest BCUT2D eigenvalue weighted by atomic mass is 16.2. The second kappa shape index (κ2) is 6.43. The van der Waals surface area contributed by atoms with Gasteiger partial charge >= 0.3 is 6.03 Å². The smallest absolute Gasteiger partial charge is 0.319 e. The number of carbonyl (C=O) groups is 1. The minimum atomic E-state index is -0.178. The monoisotopic (exact) mass is 284 g/mol. The molecule has 0 unspecified atom stereocenters. The number of nitrogens with one attached hydrogen (secondary N) is 2. The molecule has 3 rings (SSSR count). The number of benzene rings is 1. The van der Waals surface area contributed by atoms with Crippen LogP contribution in [-0.4, -0.2) is 22.4 Å². The maximum atomic E-state index is 11.8. The Hall–Kier alpha value is -2.30. The topological polar surface area (TPSA) is 59.0 Å². The molecule has 0 spiro atoms. The molecule has 2 amide bonds. The minimum Gasteiger partial charge on any atom is -0.336 e. The maximum Gasteiger partial charge on any atom is 0.319 e. The van der Waals surface area contributed by atoms with E-state index in [4.69, 9.17) is 0 Å². The van der Waals surface area contributed by atoms with Crippen molar-refractivity contribution in [2.75, 3.05) is 11.9 Å². The van der Waals surface area contributed by atoms with Crippen molar-refractivity contribution < 1.29 is 4.79 Å². The second-order valence-electron chi connectivity index (χ2n) is 5.29. The van der Waals surface area contributed by atoms with Crippen LogP contribution < -0.4 is 10.6 Å². The summed E-state index contributed by atoms with van der Waals surface area (Å²) in [5, 5.41) is 10.1. The molecule has 0 aliphatic heterocycles. The van der Waals surface area contributed by atoms with Crippen LogP contribution >= 0.6 is 0 Å². The van der Waals surface area contributed by atoms with E-state index < -0.39 is 0 Å². The number of fused-ring (bicyclic) bond motifs is 1. The third-order valence-corrected chi connectivity index (χ3v) is 3.79. The summed E-state index contributed by atoms with van der Waals surface area (Å²) in [5.74, 6) is 0. The molecule has 21 heavy (non-hydrogen) atoms. The normalized spacial score (nSPS) is 13.5. The Labute approximate surface area is 124 Å². The van der Waals surface area contributed by atoms with Gasteiger partial charge in [-0.2, -0.15) is 5.10 Å². The highest BCUT2D eigenvalue weighted by Crippen LogP contribution is 2.20. The van der Waals surface area contributed by atoms with Gasteiger partial charge in [0.15, 0.2) is 0 Å². The van der Waals surface area contributed by atoms with Crippen molar-refractivity contribution in [3.05, 3.63) is 47.8 Å². The molecule has 2 N–H and O–H groups in total. The number of para-hydroxylation sites is 1. The van der Waals surface area contributed by atoms with Gasteiger partial charge < -0.3 is 10.6 Å². The van der Waals surface area contributed by atoms with Gasteiger partial charge in [0.1, 0.15) is 0 Å². The van der Waals surface area contributed by atoms with Gasteiger partial charge in [-0.15, -0.1) is 0 Å². The molecule has 110 valence electrons. The number of hydrogen-bond acceptors (Lipinski definition) is 2. The first kappa shape index (κ1) is 13.7. The van der Waals surface area contributed by atoms with Crippen LogP contribution in [0.25, 0.3) is 0 Å². The van der Waals surface area contributed by atoms with E-state index in [0.29, 0.717) is 6.54 Å². The van der Waals surface area contributed by atoms with Crippen molar-refractivity contribution in [2.45, 2.75) is 32.2 Å². The summed E-state index contributed by atoms with van der Waals surface area (Å²) < 4.78 is 2.03. The lowest BCUT2D eigenvalue weighted by molar-refractivity contribution is 0.251. The van der Waals surface area contributed by atoms with Crippen molar-refractivity contribution >= 4 is 11.7 Å². The summed E-state index contributed by atoms with van der Waals surface area (Å²) in [6.07, 6.45) is 6.71. The molecule has 1 aliphatic carbocycles. The Kier molecular flexibility index (Phi) is 4.19. The van der Waals surface area contributed by atoms with Crippen molar-refractivity contribution in [1.29, 1.82) is 0 Å². The second-order valence-corrected chi connectivity index (χ2v) is 5.29. The van der Waals surface area contributed by atoms with Crippen LogP contribution in [0.2, 0.25) is 0 Å². The highest BCUT2D eigenvalue weighted by Gasteiger charge is 2.14. The molecular weight excluding hydrogens is 264 g/mol. The van der Waals surface area contributed by atoms with Gasteiger partial charge in [-0.1, -0.05) is 18.2 Å². The van der Waals surface area contributed by atoms with Crippen LogP contribution in [0.4, 0.5) is 10.5 Å². The fourth-order valence-electron chi connectivity index (χ4n) is 2.72. The summed E-state index contributed by atoms with van der Waals surface area (Å²) >= 11 is 0. The van der Waals surface area contributed by atoms with E-state index in [1.165, 1.54) is 24.1 Å². The zero-order chi connectivity index (χ0) is 14.5. The first-order chi connectivity index (χ1) is 10.3. The van der Waals surface area contributed by atoms with Crippen LogP contribution in [0.15, 0.2) is 36.5 Å². The molecule has 2 aromatic rings. The van der Waals surface area contributed by atoms with Crippen molar-refractivity contribution in [1.82, 2.24) is 15.1 Å². The van der Waals surface area contributed by atoms with E-state index >= 15 is 0 Å². The number of nitrogens with zero attached hydrogens (tertiary/aromatic N) is 2. The highest BCUT2D eigenvalue weighted by molar-refractivity contribution is 5.89. The molecule has 1 aliphatic rings. The lowest BCUT2D eigenvalue weighted by Gasteiger charge is -2.14. The summed E-state index contributed by atoms with van der Waals surface area (Å²) in [4.78, 5) is 11.8. The predicted molar refractivity (Wildman–Crippen MR) is 82.3 cm³/mol. The third-order valence-electron chi connectivity index (χ3n) is 3.79. The number of rotatable bonds is 4. The maximum absolute atomic E-state index is 11.8. The summed E-state index contributed by atoms with van der Waals surface area (Å²) in [6.45, 7) is 1.30. The molecule has 0 saturated heterocycles. The summed E-state index contributed by atoms with van der Waals surface area (Å²) in [7, 11) is 0. The molecule has 0 bridgehead atoms. The number of urea groups is 1. The molecule has 0 saturated carbocycles. The third kappa shape index (κ3) is 3.42. The minimum absolute atomic E-state index is 0.178. The van der Waals surface area contributed by atoms with E-state index in [1.54, 1.807) is 0 Å². The first-order valence-electron chi connectivity index (χ1n) is 7.46. The molecule has 1 aromatic carbocycles. The van der Waals surface area contributed by atoms with E-state index in [9.17, 15) is 4.79 Å². The molecule has 0 fully saturated rings. The fourth-order valence-corrected chi connectivity index (χ4v) is 2.72. The standard InChI is InChI=1S/C16H20N4O/c21-16(19-14-7-2-1-3-8-14)17-10-11-20-15-9-5-4-6-13(15)12-18-20/h1-3,7-8,12H,4-6,9-11H2,(H2,17,19,21). The lowest BCUT2D eigenvalue weighted by Crippen LogP contribution is -2.32. The first-order valence-corrected chi connectivity index (χ1v) is 7.46. The number of hydrogen-bond donors (Lipinski definition) is 2. The van der Waals surface area contributed by atoms with E-state index in [-0.39, 0.29) is 6.03 Å². The number of anilines is 1. The van der Waals surface area contributed by atoms with E-state index in [0.717, 1.165) is 25.1 Å². The molecular formula is C16H20N4O. The molecule has 5 heteroatoms. The Morgan fingerprint density at radius 3 is 2.86 bits per heavy atom. The lowest BCUT2D eigenvalue weighted by atomic mass is 9.98. The quantitative estimate of drug-likeness (QED) is 0.906. The number of aromatic nitrogens is 2. The van der Waals surface area contributed by atoms with E-state index in [1.807, 2.05) is 41.2 Å². The Morgan fingerprint density at radius 1 is 1.19 bits per heavy atom. The molecule has 5 nitrogen and oxygen atoms in total.